The van der Waals surface area contributed by atoms with Gasteiger partial charge in [0.05, 0.1) is 7.11 Å². The van der Waals surface area contributed by atoms with E-state index in [1.54, 1.807) is 13.2 Å². The van der Waals surface area contributed by atoms with Gasteiger partial charge in [-0.1, -0.05) is 12.1 Å². The van der Waals surface area contributed by atoms with Crippen molar-refractivity contribution in [3.05, 3.63) is 53.1 Å². The third-order valence-corrected chi connectivity index (χ3v) is 3.16. The zero-order valence-corrected chi connectivity index (χ0v) is 11.5. The molecule has 0 heterocycles. The largest absolute Gasteiger partial charge is 0.508 e. The van der Waals surface area contributed by atoms with Gasteiger partial charge in [-0.15, -0.1) is 0 Å². The SMILES string of the molecule is COc1cccc(CNc2cc(C)c(O)cc2C)c1. The molecule has 0 saturated carbocycles. The van der Waals surface area contributed by atoms with E-state index in [4.69, 9.17) is 4.74 Å². The van der Waals surface area contributed by atoms with Crippen molar-refractivity contribution >= 4 is 5.69 Å². The lowest BCUT2D eigenvalue weighted by atomic mass is 10.1. The van der Waals surface area contributed by atoms with Crippen LogP contribution in [0.1, 0.15) is 16.7 Å². The fraction of sp³-hybridized carbons (Fsp3) is 0.250. The fourth-order valence-electron chi connectivity index (χ4n) is 1.97. The topological polar surface area (TPSA) is 41.5 Å². The van der Waals surface area contributed by atoms with Gasteiger partial charge in [0.15, 0.2) is 0 Å². The maximum Gasteiger partial charge on any atom is 0.119 e. The molecule has 100 valence electrons. The Morgan fingerprint density at radius 2 is 1.89 bits per heavy atom. The van der Waals surface area contributed by atoms with E-state index in [0.717, 1.165) is 34.7 Å². The van der Waals surface area contributed by atoms with Gasteiger partial charge in [-0.05, 0) is 54.8 Å². The van der Waals surface area contributed by atoms with E-state index in [1.165, 1.54) is 0 Å². The lowest BCUT2D eigenvalue weighted by Crippen LogP contribution is -2.01. The minimum absolute atomic E-state index is 0.337. The maximum absolute atomic E-state index is 9.63. The molecular weight excluding hydrogens is 238 g/mol. The van der Waals surface area contributed by atoms with Crippen molar-refractivity contribution in [2.75, 3.05) is 12.4 Å². The van der Waals surface area contributed by atoms with Crippen molar-refractivity contribution in [2.24, 2.45) is 0 Å². The van der Waals surface area contributed by atoms with Gasteiger partial charge in [0, 0.05) is 12.2 Å². The molecule has 0 saturated heterocycles. The Labute approximate surface area is 113 Å². The van der Waals surface area contributed by atoms with Gasteiger partial charge in [-0.25, -0.2) is 0 Å². The molecule has 0 fully saturated rings. The quantitative estimate of drug-likeness (QED) is 0.822. The van der Waals surface area contributed by atoms with Crippen LogP contribution in [-0.4, -0.2) is 12.2 Å². The predicted molar refractivity (Wildman–Crippen MR) is 77.9 cm³/mol. The van der Waals surface area contributed by atoms with E-state index in [1.807, 2.05) is 38.1 Å². The summed E-state index contributed by atoms with van der Waals surface area (Å²) in [7, 11) is 1.67. The van der Waals surface area contributed by atoms with Crippen LogP contribution in [-0.2, 0) is 6.54 Å². The molecular formula is C16H19NO2. The number of rotatable bonds is 4. The van der Waals surface area contributed by atoms with Crippen molar-refractivity contribution in [1.29, 1.82) is 0 Å². The van der Waals surface area contributed by atoms with Crippen LogP contribution < -0.4 is 10.1 Å². The van der Waals surface area contributed by atoms with Crippen molar-refractivity contribution in [1.82, 2.24) is 0 Å². The maximum atomic E-state index is 9.63. The number of methoxy groups -OCH3 is 1. The summed E-state index contributed by atoms with van der Waals surface area (Å²) in [6.07, 6.45) is 0. The zero-order valence-electron chi connectivity index (χ0n) is 11.5. The molecule has 0 radical (unpaired) electrons. The minimum atomic E-state index is 0.337. The first-order chi connectivity index (χ1) is 9.10. The highest BCUT2D eigenvalue weighted by atomic mass is 16.5. The van der Waals surface area contributed by atoms with Gasteiger partial charge in [0.2, 0.25) is 0 Å². The Morgan fingerprint density at radius 3 is 2.63 bits per heavy atom. The number of benzene rings is 2. The first kappa shape index (κ1) is 13.3. The van der Waals surface area contributed by atoms with Gasteiger partial charge in [0.1, 0.15) is 11.5 Å². The van der Waals surface area contributed by atoms with E-state index < -0.39 is 0 Å². The summed E-state index contributed by atoms with van der Waals surface area (Å²) in [6.45, 7) is 4.60. The summed E-state index contributed by atoms with van der Waals surface area (Å²) < 4.78 is 5.20. The molecule has 0 aromatic heterocycles. The lowest BCUT2D eigenvalue weighted by Gasteiger charge is -2.12. The first-order valence-electron chi connectivity index (χ1n) is 6.27. The van der Waals surface area contributed by atoms with Crippen LogP contribution in [0, 0.1) is 13.8 Å². The number of ether oxygens (including phenoxy) is 1. The average Bonchev–Trinajstić information content (AvgIpc) is 2.41. The summed E-state index contributed by atoms with van der Waals surface area (Å²) >= 11 is 0. The Morgan fingerprint density at radius 1 is 1.11 bits per heavy atom. The van der Waals surface area contributed by atoms with Gasteiger partial charge >= 0.3 is 0 Å². The van der Waals surface area contributed by atoms with Crippen LogP contribution in [0.25, 0.3) is 0 Å². The van der Waals surface area contributed by atoms with Crippen molar-refractivity contribution in [3.8, 4) is 11.5 Å². The number of anilines is 1. The van der Waals surface area contributed by atoms with Crippen LogP contribution in [0.3, 0.4) is 0 Å². The number of phenols is 1. The molecule has 0 atom stereocenters. The van der Waals surface area contributed by atoms with Gasteiger partial charge in [-0.3, -0.25) is 0 Å². The number of aryl methyl sites for hydroxylation is 2. The second kappa shape index (κ2) is 5.65. The Hall–Kier alpha value is -2.16. The molecule has 0 aliphatic rings. The van der Waals surface area contributed by atoms with E-state index >= 15 is 0 Å². The highest BCUT2D eigenvalue weighted by Crippen LogP contribution is 2.25. The van der Waals surface area contributed by atoms with Crippen molar-refractivity contribution in [3.63, 3.8) is 0 Å². The van der Waals surface area contributed by atoms with Crippen LogP contribution in [0.4, 0.5) is 5.69 Å². The summed E-state index contributed by atoms with van der Waals surface area (Å²) in [6, 6.07) is 11.7. The standard InChI is InChI=1S/C16H19NO2/c1-11-8-16(18)12(2)7-15(11)17-10-13-5-4-6-14(9-13)19-3/h4-9,17-18H,10H2,1-3H3. The second-order valence-electron chi connectivity index (χ2n) is 4.66. The number of aromatic hydroxyl groups is 1. The number of hydrogen-bond acceptors (Lipinski definition) is 3. The predicted octanol–water partition coefficient (Wildman–Crippen LogP) is 3.63. The van der Waals surface area contributed by atoms with E-state index in [-0.39, 0.29) is 0 Å². The highest BCUT2D eigenvalue weighted by Gasteiger charge is 2.03. The van der Waals surface area contributed by atoms with Crippen LogP contribution in [0.2, 0.25) is 0 Å². The minimum Gasteiger partial charge on any atom is -0.508 e. The third-order valence-electron chi connectivity index (χ3n) is 3.16. The highest BCUT2D eigenvalue weighted by molar-refractivity contribution is 5.56. The molecule has 0 unspecified atom stereocenters. The molecule has 2 aromatic carbocycles. The Kier molecular flexibility index (Phi) is 3.95. The molecule has 0 amide bonds. The fourth-order valence-corrected chi connectivity index (χ4v) is 1.97. The normalized spacial score (nSPS) is 10.3. The van der Waals surface area contributed by atoms with Gasteiger partial charge in [-0.2, -0.15) is 0 Å². The molecule has 0 spiro atoms. The molecule has 3 nitrogen and oxygen atoms in total. The number of nitrogens with one attached hydrogen (secondary N) is 1. The van der Waals surface area contributed by atoms with E-state index in [9.17, 15) is 5.11 Å². The molecule has 0 aliphatic carbocycles. The zero-order chi connectivity index (χ0) is 13.8. The number of hydrogen-bond donors (Lipinski definition) is 2. The van der Waals surface area contributed by atoms with Crippen molar-refractivity contribution in [2.45, 2.75) is 20.4 Å². The molecule has 19 heavy (non-hydrogen) atoms. The number of phenolic OH excluding ortho intramolecular Hbond substituents is 1. The average molecular weight is 257 g/mol. The van der Waals surface area contributed by atoms with E-state index in [0.29, 0.717) is 5.75 Å². The molecule has 2 aromatic rings. The molecule has 2 N–H and O–H groups in total. The lowest BCUT2D eigenvalue weighted by molar-refractivity contribution is 0.414. The van der Waals surface area contributed by atoms with E-state index in [2.05, 4.69) is 11.4 Å². The summed E-state index contributed by atoms with van der Waals surface area (Å²) in [5, 5.41) is 13.0. The van der Waals surface area contributed by atoms with Crippen LogP contribution in [0.5, 0.6) is 11.5 Å². The Balaban J connectivity index is 2.12. The van der Waals surface area contributed by atoms with Crippen LogP contribution in [0.15, 0.2) is 36.4 Å². The third kappa shape index (κ3) is 3.19. The molecule has 3 heteroatoms. The monoisotopic (exact) mass is 257 g/mol. The van der Waals surface area contributed by atoms with Crippen molar-refractivity contribution < 1.29 is 9.84 Å². The van der Waals surface area contributed by atoms with Crippen LogP contribution >= 0.6 is 0 Å². The summed E-state index contributed by atoms with van der Waals surface area (Å²) in [5.74, 6) is 1.20. The van der Waals surface area contributed by atoms with Gasteiger partial charge in [0.25, 0.3) is 0 Å². The molecule has 0 bridgehead atoms. The summed E-state index contributed by atoms with van der Waals surface area (Å²) in [4.78, 5) is 0. The summed E-state index contributed by atoms with van der Waals surface area (Å²) in [5.41, 5.74) is 4.10. The smallest absolute Gasteiger partial charge is 0.119 e. The Bertz CT molecular complexity index is 579. The molecule has 0 aliphatic heterocycles. The first-order valence-corrected chi connectivity index (χ1v) is 6.27. The molecule has 2 rings (SSSR count). The second-order valence-corrected chi connectivity index (χ2v) is 4.66. The van der Waals surface area contributed by atoms with Gasteiger partial charge < -0.3 is 15.2 Å².